The van der Waals surface area contributed by atoms with Crippen molar-refractivity contribution < 1.29 is 0 Å². The van der Waals surface area contributed by atoms with Crippen LogP contribution in [0.15, 0.2) is 340 Å². The standard InChI is InChI=1S/C92H58N6/c1-2-18-63(19-3-1)95-87-32-16-12-28-76(87)83-51-59(39-48-89(83)95)93-61-37-45-78-74-26-10-14-30-85(74)97(91(78)53-61)65-43-36-58-50-80(70-23-7-8-24-71(70)81(58)55-65)57-34-41-64(42-35-57)96-88-33-17-13-29-77(88)84-52-60(40-49-90(84)96)94-62-38-46-79-75-27-11-15-31-86(75)98(92(79)54-62)66-44-47-73-69-22-5-4-20-67(69)68-21-6-9-25-72(68)82(73)56-66/h1-56,93-94H. The number of fused-ring (bicyclic) bond motifs is 21. The summed E-state index contributed by atoms with van der Waals surface area (Å²) in [5, 5.41) is 29.9. The molecule has 0 saturated carbocycles. The molecule has 0 atom stereocenters. The molecule has 4 aromatic heterocycles. The number of anilines is 4. The summed E-state index contributed by atoms with van der Waals surface area (Å²) in [7, 11) is 0. The monoisotopic (exact) mass is 1250 g/mol. The van der Waals surface area contributed by atoms with Gasteiger partial charge in [-0.25, -0.2) is 0 Å². The van der Waals surface area contributed by atoms with E-state index in [0.717, 1.165) is 62.0 Å². The molecule has 17 aromatic carbocycles. The van der Waals surface area contributed by atoms with Crippen molar-refractivity contribution in [2.45, 2.75) is 0 Å². The van der Waals surface area contributed by atoms with Crippen molar-refractivity contribution in [3.8, 4) is 33.9 Å². The number of benzene rings is 17. The van der Waals surface area contributed by atoms with E-state index in [4.69, 9.17) is 0 Å². The first kappa shape index (κ1) is 54.3. The summed E-state index contributed by atoms with van der Waals surface area (Å²) in [5.74, 6) is 0. The van der Waals surface area contributed by atoms with Crippen molar-refractivity contribution in [3.05, 3.63) is 340 Å². The average Bonchev–Trinajstić information content (AvgIpc) is 1.03. The molecule has 0 fully saturated rings. The molecule has 6 nitrogen and oxygen atoms in total. The smallest absolute Gasteiger partial charge is 0.0561 e. The van der Waals surface area contributed by atoms with Gasteiger partial charge >= 0.3 is 0 Å². The van der Waals surface area contributed by atoms with Crippen LogP contribution in [-0.2, 0) is 0 Å². The van der Waals surface area contributed by atoms with Gasteiger partial charge in [-0.2, -0.15) is 0 Å². The van der Waals surface area contributed by atoms with E-state index in [2.05, 4.69) is 369 Å². The number of hydrogen-bond acceptors (Lipinski definition) is 2. The maximum absolute atomic E-state index is 3.87. The zero-order chi connectivity index (χ0) is 64.1. The molecule has 0 saturated heterocycles. The van der Waals surface area contributed by atoms with Crippen LogP contribution in [0.4, 0.5) is 22.7 Å². The Hall–Kier alpha value is -13.2. The van der Waals surface area contributed by atoms with E-state index in [-0.39, 0.29) is 0 Å². The molecule has 456 valence electrons. The van der Waals surface area contributed by atoms with Gasteiger partial charge in [-0.05, 0) is 205 Å². The minimum atomic E-state index is 1.03. The zero-order valence-corrected chi connectivity index (χ0v) is 53.1. The number of nitrogens with zero attached hydrogens (tertiary/aromatic N) is 4. The van der Waals surface area contributed by atoms with Crippen molar-refractivity contribution in [1.29, 1.82) is 0 Å². The summed E-state index contributed by atoms with van der Waals surface area (Å²) in [4.78, 5) is 0. The first-order valence-corrected chi connectivity index (χ1v) is 33.7. The lowest BCUT2D eigenvalue weighted by molar-refractivity contribution is 1.18. The van der Waals surface area contributed by atoms with Crippen LogP contribution < -0.4 is 10.6 Å². The van der Waals surface area contributed by atoms with Crippen LogP contribution in [0.25, 0.3) is 175 Å². The van der Waals surface area contributed by atoms with E-state index in [1.54, 1.807) is 0 Å². The molecule has 0 aliphatic carbocycles. The Kier molecular flexibility index (Phi) is 11.7. The third kappa shape index (κ3) is 8.22. The second kappa shape index (κ2) is 21.2. The maximum atomic E-state index is 3.87. The summed E-state index contributed by atoms with van der Waals surface area (Å²) in [6.45, 7) is 0. The molecule has 2 N–H and O–H groups in total. The zero-order valence-electron chi connectivity index (χ0n) is 53.1. The number of nitrogens with one attached hydrogen (secondary N) is 2. The van der Waals surface area contributed by atoms with Crippen molar-refractivity contribution in [2.75, 3.05) is 10.6 Å². The predicted molar refractivity (Wildman–Crippen MR) is 416 cm³/mol. The highest BCUT2D eigenvalue weighted by Gasteiger charge is 2.21. The largest absolute Gasteiger partial charge is 0.355 e. The van der Waals surface area contributed by atoms with Gasteiger partial charge in [0.05, 0.1) is 44.1 Å². The minimum Gasteiger partial charge on any atom is -0.355 e. The van der Waals surface area contributed by atoms with Gasteiger partial charge in [-0.1, -0.05) is 200 Å². The Morgan fingerprint density at radius 2 is 0.480 bits per heavy atom. The van der Waals surface area contributed by atoms with Crippen LogP contribution in [0, 0.1) is 0 Å². The van der Waals surface area contributed by atoms with Gasteiger partial charge in [0, 0.05) is 88.6 Å². The van der Waals surface area contributed by atoms with Crippen LogP contribution >= 0.6 is 0 Å². The Labute approximate surface area is 562 Å². The molecular weight excluding hydrogens is 1190 g/mol. The Balaban J connectivity index is 0.610. The van der Waals surface area contributed by atoms with E-state index in [1.165, 1.54) is 136 Å². The normalized spacial score (nSPS) is 12.1. The van der Waals surface area contributed by atoms with Gasteiger partial charge in [0.1, 0.15) is 0 Å². The molecule has 21 rings (SSSR count). The highest BCUT2D eigenvalue weighted by atomic mass is 15.0. The first-order chi connectivity index (χ1) is 48.6. The van der Waals surface area contributed by atoms with Crippen molar-refractivity contribution >= 4 is 164 Å². The van der Waals surface area contributed by atoms with Crippen LogP contribution in [0.3, 0.4) is 0 Å². The van der Waals surface area contributed by atoms with E-state index in [1.807, 2.05) is 0 Å². The van der Waals surface area contributed by atoms with Crippen LogP contribution in [0.2, 0.25) is 0 Å². The summed E-state index contributed by atoms with van der Waals surface area (Å²) < 4.78 is 9.66. The lowest BCUT2D eigenvalue weighted by atomic mass is 9.93. The van der Waals surface area contributed by atoms with Crippen LogP contribution in [0.1, 0.15) is 0 Å². The lowest BCUT2D eigenvalue weighted by Gasteiger charge is -2.15. The van der Waals surface area contributed by atoms with Gasteiger partial charge < -0.3 is 28.9 Å². The second-order valence-corrected chi connectivity index (χ2v) is 26.2. The Morgan fingerprint density at radius 3 is 0.980 bits per heavy atom. The van der Waals surface area contributed by atoms with Gasteiger partial charge in [-0.15, -0.1) is 0 Å². The van der Waals surface area contributed by atoms with Crippen molar-refractivity contribution in [3.63, 3.8) is 0 Å². The fourth-order valence-electron chi connectivity index (χ4n) is 16.5. The summed E-state index contributed by atoms with van der Waals surface area (Å²) in [6, 6.07) is 125. The molecular formula is C92H58N6. The molecule has 0 unspecified atom stereocenters. The molecule has 6 heteroatoms. The highest BCUT2D eigenvalue weighted by molar-refractivity contribution is 6.26. The molecule has 4 heterocycles. The van der Waals surface area contributed by atoms with Gasteiger partial charge in [0.25, 0.3) is 0 Å². The van der Waals surface area contributed by atoms with Crippen LogP contribution in [-0.4, -0.2) is 18.3 Å². The van der Waals surface area contributed by atoms with E-state index >= 15 is 0 Å². The first-order valence-electron chi connectivity index (χ1n) is 33.7. The Bertz CT molecular complexity index is 6890. The maximum Gasteiger partial charge on any atom is 0.0561 e. The summed E-state index contributed by atoms with van der Waals surface area (Å²) >= 11 is 0. The molecule has 0 radical (unpaired) electrons. The topological polar surface area (TPSA) is 43.8 Å². The van der Waals surface area contributed by atoms with Crippen LogP contribution in [0.5, 0.6) is 0 Å². The highest BCUT2D eigenvalue weighted by Crippen LogP contribution is 2.44. The second-order valence-electron chi connectivity index (χ2n) is 26.2. The van der Waals surface area contributed by atoms with Crippen molar-refractivity contribution in [1.82, 2.24) is 18.3 Å². The molecule has 0 aliphatic rings. The summed E-state index contributed by atoms with van der Waals surface area (Å²) in [5.41, 5.74) is 20.4. The molecule has 98 heavy (non-hydrogen) atoms. The third-order valence-corrected chi connectivity index (χ3v) is 20.8. The summed E-state index contributed by atoms with van der Waals surface area (Å²) in [6.07, 6.45) is 0. The minimum absolute atomic E-state index is 1.03. The average molecular weight is 1250 g/mol. The van der Waals surface area contributed by atoms with Gasteiger partial charge in [-0.3, -0.25) is 0 Å². The number of hydrogen-bond donors (Lipinski definition) is 2. The fraction of sp³-hybridized carbons (Fsp3) is 0. The fourth-order valence-corrected chi connectivity index (χ4v) is 16.5. The number of rotatable bonds is 9. The molecule has 0 bridgehead atoms. The molecule has 0 amide bonds. The molecule has 0 aliphatic heterocycles. The molecule has 21 aromatic rings. The van der Waals surface area contributed by atoms with E-state index < -0.39 is 0 Å². The quantitative estimate of drug-likeness (QED) is 0.141. The van der Waals surface area contributed by atoms with E-state index in [9.17, 15) is 0 Å². The molecule has 0 spiro atoms. The van der Waals surface area contributed by atoms with Gasteiger partial charge in [0.15, 0.2) is 0 Å². The number of para-hydroxylation sites is 5. The SMILES string of the molecule is c1ccc(-n2c3ccccc3c3cc(Nc4ccc5c6ccccc6n(-c6ccc7cc(-c8ccc(-n9c%10ccccc%10c%10cc(Nc%11ccc%12c%13ccccc%13n(-c%13ccc%14c%15ccccc%15c%15ccccc%15c%14c%13)c%12c%11)ccc%109)cc8)c8ccccc8c7c6)c5c4)ccc32)cc1. The Morgan fingerprint density at radius 1 is 0.163 bits per heavy atom. The van der Waals surface area contributed by atoms with Gasteiger partial charge in [0.2, 0.25) is 0 Å². The number of aromatic nitrogens is 4. The predicted octanol–water partition coefficient (Wildman–Crippen LogP) is 25.0. The van der Waals surface area contributed by atoms with Crippen molar-refractivity contribution in [2.24, 2.45) is 0 Å². The third-order valence-electron chi connectivity index (χ3n) is 20.8. The van der Waals surface area contributed by atoms with E-state index in [0.29, 0.717) is 0 Å². The lowest BCUT2D eigenvalue weighted by Crippen LogP contribution is -1.96.